The number of carboxylic acids is 1. The van der Waals surface area contributed by atoms with Crippen molar-refractivity contribution in [3.05, 3.63) is 28.2 Å². The molecule has 0 aliphatic rings. The lowest BCUT2D eigenvalue weighted by atomic mass is 10.2. The van der Waals surface area contributed by atoms with Crippen molar-refractivity contribution in [2.75, 3.05) is 0 Å². The third kappa shape index (κ3) is 3.97. The number of sulfonamides is 1. The van der Waals surface area contributed by atoms with Crippen LogP contribution >= 0.6 is 15.9 Å². The SMILES string of the molecule is CCC[C@@H](NS(=O)(=O)c1c(F)cc(F)cc1Br)C(=O)O. The zero-order valence-electron chi connectivity index (χ0n) is 10.4. The lowest BCUT2D eigenvalue weighted by Gasteiger charge is -2.15. The van der Waals surface area contributed by atoms with Crippen LogP contribution < -0.4 is 4.72 Å². The fourth-order valence-electron chi connectivity index (χ4n) is 1.55. The largest absolute Gasteiger partial charge is 0.480 e. The van der Waals surface area contributed by atoms with Crippen molar-refractivity contribution in [1.29, 1.82) is 0 Å². The van der Waals surface area contributed by atoms with Crippen LogP contribution in [0.3, 0.4) is 0 Å². The smallest absolute Gasteiger partial charge is 0.321 e. The lowest BCUT2D eigenvalue weighted by Crippen LogP contribution is -2.41. The van der Waals surface area contributed by atoms with Crippen LogP contribution in [0.5, 0.6) is 0 Å². The molecule has 2 N–H and O–H groups in total. The molecular weight excluding hydrogens is 360 g/mol. The van der Waals surface area contributed by atoms with E-state index in [1.165, 1.54) is 0 Å². The van der Waals surface area contributed by atoms with Crippen LogP contribution in [0.1, 0.15) is 19.8 Å². The standard InChI is InChI=1S/C11H12BrF2NO4S/c1-2-3-9(11(16)17)15-20(18,19)10-7(12)4-6(13)5-8(10)14/h4-5,9,15H,2-3H2,1H3,(H,16,17)/t9-/m1/s1. The molecule has 9 heteroatoms. The zero-order chi connectivity index (χ0) is 15.5. The van der Waals surface area contributed by atoms with Gasteiger partial charge in [0.05, 0.1) is 0 Å². The summed E-state index contributed by atoms with van der Waals surface area (Å²) in [7, 11) is -4.42. The highest BCUT2D eigenvalue weighted by Gasteiger charge is 2.29. The monoisotopic (exact) mass is 371 g/mol. The van der Waals surface area contributed by atoms with Gasteiger partial charge in [-0.05, 0) is 28.4 Å². The molecule has 0 aromatic heterocycles. The summed E-state index contributed by atoms with van der Waals surface area (Å²) < 4.78 is 52.1. The predicted octanol–water partition coefficient (Wildman–Crippen LogP) is 2.26. The van der Waals surface area contributed by atoms with E-state index >= 15 is 0 Å². The molecule has 0 spiro atoms. The Hall–Kier alpha value is -1.06. The Bertz CT molecular complexity index is 598. The Morgan fingerprint density at radius 3 is 2.50 bits per heavy atom. The molecule has 1 aromatic rings. The van der Waals surface area contributed by atoms with Crippen LogP contribution in [0, 0.1) is 11.6 Å². The van der Waals surface area contributed by atoms with Gasteiger partial charge in [-0.3, -0.25) is 4.79 Å². The van der Waals surface area contributed by atoms with Crippen molar-refractivity contribution in [2.45, 2.75) is 30.7 Å². The van der Waals surface area contributed by atoms with Gasteiger partial charge >= 0.3 is 5.97 Å². The fourth-order valence-corrected chi connectivity index (χ4v) is 3.94. The van der Waals surface area contributed by atoms with E-state index in [-0.39, 0.29) is 10.9 Å². The summed E-state index contributed by atoms with van der Waals surface area (Å²) >= 11 is 2.75. The average molecular weight is 372 g/mol. The second-order valence-corrected chi connectivity index (χ2v) is 6.50. The molecular formula is C11H12BrF2NO4S. The van der Waals surface area contributed by atoms with Gasteiger partial charge in [0.2, 0.25) is 10.0 Å². The van der Waals surface area contributed by atoms with Crippen LogP contribution in [0.15, 0.2) is 21.5 Å². The molecule has 112 valence electrons. The van der Waals surface area contributed by atoms with Gasteiger partial charge in [0, 0.05) is 10.5 Å². The Kier molecular flexibility index (Phi) is 5.60. The minimum atomic E-state index is -4.42. The van der Waals surface area contributed by atoms with E-state index in [0.29, 0.717) is 12.5 Å². The Morgan fingerprint density at radius 1 is 1.45 bits per heavy atom. The van der Waals surface area contributed by atoms with Crippen LogP contribution in [0.2, 0.25) is 0 Å². The number of carbonyl (C=O) groups is 1. The van der Waals surface area contributed by atoms with E-state index in [4.69, 9.17) is 5.11 Å². The van der Waals surface area contributed by atoms with E-state index in [0.717, 1.165) is 6.07 Å². The summed E-state index contributed by atoms with van der Waals surface area (Å²) in [6, 6.07) is -0.177. The summed E-state index contributed by atoms with van der Waals surface area (Å²) in [6.45, 7) is 1.68. The van der Waals surface area contributed by atoms with Crippen LogP contribution in [-0.4, -0.2) is 25.5 Å². The fraction of sp³-hybridized carbons (Fsp3) is 0.364. The first kappa shape index (κ1) is 17.0. The van der Waals surface area contributed by atoms with Gasteiger partial charge in [0.1, 0.15) is 22.6 Å². The molecule has 1 aromatic carbocycles. The highest BCUT2D eigenvalue weighted by Crippen LogP contribution is 2.26. The molecule has 0 aliphatic heterocycles. The summed E-state index contributed by atoms with van der Waals surface area (Å²) in [5.41, 5.74) is 0. The van der Waals surface area contributed by atoms with Crippen molar-refractivity contribution < 1.29 is 27.1 Å². The first-order valence-electron chi connectivity index (χ1n) is 5.58. The summed E-state index contributed by atoms with van der Waals surface area (Å²) in [5, 5.41) is 8.90. The van der Waals surface area contributed by atoms with Crippen LogP contribution in [0.25, 0.3) is 0 Å². The van der Waals surface area contributed by atoms with Gasteiger partial charge in [-0.25, -0.2) is 17.2 Å². The number of hydrogen-bond acceptors (Lipinski definition) is 3. The molecule has 0 radical (unpaired) electrons. The van der Waals surface area contributed by atoms with Gasteiger partial charge in [-0.15, -0.1) is 0 Å². The maximum atomic E-state index is 13.6. The van der Waals surface area contributed by atoms with Gasteiger partial charge in [0.25, 0.3) is 0 Å². The van der Waals surface area contributed by atoms with Crippen molar-refractivity contribution in [2.24, 2.45) is 0 Å². The number of nitrogens with one attached hydrogen (secondary N) is 1. The molecule has 20 heavy (non-hydrogen) atoms. The summed E-state index contributed by atoms with van der Waals surface area (Å²) in [4.78, 5) is 10.1. The van der Waals surface area contributed by atoms with Gasteiger partial charge in [-0.1, -0.05) is 13.3 Å². The van der Waals surface area contributed by atoms with E-state index in [9.17, 15) is 22.0 Å². The minimum absolute atomic E-state index is 0.0506. The number of aliphatic carboxylic acids is 1. The van der Waals surface area contributed by atoms with Crippen molar-refractivity contribution in [3.8, 4) is 0 Å². The van der Waals surface area contributed by atoms with Crippen molar-refractivity contribution >= 4 is 31.9 Å². The van der Waals surface area contributed by atoms with E-state index < -0.39 is 38.6 Å². The maximum Gasteiger partial charge on any atom is 0.321 e. The van der Waals surface area contributed by atoms with Crippen molar-refractivity contribution in [1.82, 2.24) is 4.72 Å². The molecule has 0 amide bonds. The van der Waals surface area contributed by atoms with Crippen molar-refractivity contribution in [3.63, 3.8) is 0 Å². The number of halogens is 3. The van der Waals surface area contributed by atoms with Crippen LogP contribution in [-0.2, 0) is 14.8 Å². The van der Waals surface area contributed by atoms with E-state index in [1.54, 1.807) is 6.92 Å². The number of rotatable bonds is 6. The summed E-state index contributed by atoms with van der Waals surface area (Å²) in [5.74, 6) is -3.62. The second kappa shape index (κ2) is 6.59. The van der Waals surface area contributed by atoms with E-state index in [1.807, 2.05) is 4.72 Å². The Balaban J connectivity index is 3.20. The average Bonchev–Trinajstić information content (AvgIpc) is 2.25. The normalized spacial score (nSPS) is 13.2. The number of carboxylic acid groups (broad SMARTS) is 1. The molecule has 0 bridgehead atoms. The third-order valence-electron chi connectivity index (χ3n) is 2.40. The van der Waals surface area contributed by atoms with Crippen LogP contribution in [0.4, 0.5) is 8.78 Å². The maximum absolute atomic E-state index is 13.6. The number of hydrogen-bond donors (Lipinski definition) is 2. The lowest BCUT2D eigenvalue weighted by molar-refractivity contribution is -0.139. The van der Waals surface area contributed by atoms with Gasteiger partial charge in [0.15, 0.2) is 0 Å². The highest BCUT2D eigenvalue weighted by molar-refractivity contribution is 9.10. The molecule has 0 aliphatic carbocycles. The first-order chi connectivity index (χ1) is 9.19. The molecule has 0 saturated carbocycles. The minimum Gasteiger partial charge on any atom is -0.480 e. The Labute approximate surface area is 123 Å². The molecule has 1 atom stereocenters. The molecule has 1 rings (SSSR count). The highest BCUT2D eigenvalue weighted by atomic mass is 79.9. The van der Waals surface area contributed by atoms with E-state index in [2.05, 4.69) is 15.9 Å². The van der Waals surface area contributed by atoms with Gasteiger partial charge < -0.3 is 5.11 Å². The topological polar surface area (TPSA) is 83.5 Å². The third-order valence-corrected chi connectivity index (χ3v) is 4.84. The predicted molar refractivity (Wildman–Crippen MR) is 70.7 cm³/mol. The molecule has 5 nitrogen and oxygen atoms in total. The second-order valence-electron chi connectivity index (χ2n) is 4.00. The first-order valence-corrected chi connectivity index (χ1v) is 7.86. The zero-order valence-corrected chi connectivity index (χ0v) is 12.8. The quantitative estimate of drug-likeness (QED) is 0.803. The molecule has 0 fully saturated rings. The molecule has 0 saturated heterocycles. The molecule has 0 unspecified atom stereocenters. The molecule has 0 heterocycles. The summed E-state index contributed by atoms with van der Waals surface area (Å²) in [6.07, 6.45) is 0.474. The number of benzene rings is 1. The van der Waals surface area contributed by atoms with Gasteiger partial charge in [-0.2, -0.15) is 4.72 Å². The Morgan fingerprint density at radius 2 is 2.05 bits per heavy atom.